The summed E-state index contributed by atoms with van der Waals surface area (Å²) < 4.78 is 18.0. The number of halogens is 1. The van der Waals surface area contributed by atoms with Crippen molar-refractivity contribution in [2.45, 2.75) is 13.0 Å². The van der Waals surface area contributed by atoms with E-state index < -0.39 is 5.82 Å². The first-order valence-electron chi connectivity index (χ1n) is 5.39. The van der Waals surface area contributed by atoms with Crippen LogP contribution in [-0.2, 0) is 11.3 Å². The average Bonchev–Trinajstić information content (AvgIpc) is 2.35. The number of hydrogen-bond acceptors (Lipinski definition) is 3. The Morgan fingerprint density at radius 1 is 1.53 bits per heavy atom. The van der Waals surface area contributed by atoms with Crippen molar-refractivity contribution in [2.24, 2.45) is 0 Å². The maximum Gasteiger partial charge on any atom is 0.140 e. The van der Waals surface area contributed by atoms with Gasteiger partial charge in [-0.1, -0.05) is 12.6 Å². The maximum absolute atomic E-state index is 13.0. The van der Waals surface area contributed by atoms with E-state index in [1.807, 2.05) is 6.07 Å². The molecule has 0 unspecified atom stereocenters. The number of hydrogen-bond donors (Lipinski definition) is 1. The van der Waals surface area contributed by atoms with Crippen molar-refractivity contribution in [3.8, 4) is 6.07 Å². The minimum Gasteiger partial charge on any atom is -0.502 e. The average molecular weight is 234 g/mol. The molecule has 1 aromatic rings. The molecule has 90 valence electrons. The molecule has 0 aliphatic heterocycles. The summed E-state index contributed by atoms with van der Waals surface area (Å²) in [5.74, 6) is -0.476. The smallest absolute Gasteiger partial charge is 0.140 e. The van der Waals surface area contributed by atoms with Crippen LogP contribution in [0.25, 0.3) is 0 Å². The summed E-state index contributed by atoms with van der Waals surface area (Å²) in [5.41, 5.74) is 0.979. The standard InChI is InChI=1S/C13H15FN2O/c1-2-17-7-3-6-16-10-11-4-5-13(14)12(8-11)9-15/h2,4-5,8,16H,1,3,6-7,10H2. The summed E-state index contributed by atoms with van der Waals surface area (Å²) in [6, 6.07) is 6.36. The lowest BCUT2D eigenvalue weighted by Crippen LogP contribution is -2.16. The van der Waals surface area contributed by atoms with Crippen LogP contribution in [0.4, 0.5) is 4.39 Å². The van der Waals surface area contributed by atoms with Gasteiger partial charge in [0, 0.05) is 6.54 Å². The Bertz CT molecular complexity index is 412. The van der Waals surface area contributed by atoms with E-state index in [9.17, 15) is 4.39 Å². The number of nitriles is 1. The highest BCUT2D eigenvalue weighted by Gasteiger charge is 2.01. The first kappa shape index (κ1) is 13.2. The van der Waals surface area contributed by atoms with Crippen molar-refractivity contribution in [1.82, 2.24) is 5.32 Å². The Morgan fingerprint density at radius 2 is 2.35 bits per heavy atom. The van der Waals surface area contributed by atoms with Gasteiger partial charge in [0.25, 0.3) is 0 Å². The number of ether oxygens (including phenoxy) is 1. The lowest BCUT2D eigenvalue weighted by Gasteiger charge is -2.05. The molecule has 0 amide bonds. The van der Waals surface area contributed by atoms with Crippen molar-refractivity contribution in [3.05, 3.63) is 48.0 Å². The molecular formula is C13H15FN2O. The summed E-state index contributed by atoms with van der Waals surface area (Å²) in [6.45, 7) is 5.49. The van der Waals surface area contributed by atoms with Crippen LogP contribution in [0.15, 0.2) is 31.0 Å². The monoisotopic (exact) mass is 234 g/mol. The predicted octanol–water partition coefficient (Wildman–Crippen LogP) is 2.34. The van der Waals surface area contributed by atoms with E-state index in [-0.39, 0.29) is 5.56 Å². The van der Waals surface area contributed by atoms with Crippen LogP contribution in [0.1, 0.15) is 17.5 Å². The third-order valence-electron chi connectivity index (χ3n) is 2.21. The molecular weight excluding hydrogens is 219 g/mol. The summed E-state index contributed by atoms with van der Waals surface area (Å²) in [7, 11) is 0. The molecule has 0 atom stereocenters. The van der Waals surface area contributed by atoms with Gasteiger partial charge < -0.3 is 10.1 Å². The molecule has 0 saturated heterocycles. The molecule has 0 aromatic heterocycles. The van der Waals surface area contributed by atoms with E-state index in [0.29, 0.717) is 13.2 Å². The van der Waals surface area contributed by atoms with Crippen molar-refractivity contribution >= 4 is 0 Å². The van der Waals surface area contributed by atoms with Crippen LogP contribution in [0.2, 0.25) is 0 Å². The van der Waals surface area contributed by atoms with Crippen LogP contribution in [0.5, 0.6) is 0 Å². The van der Waals surface area contributed by atoms with Gasteiger partial charge >= 0.3 is 0 Å². The molecule has 1 rings (SSSR count). The SMILES string of the molecule is C=COCCCNCc1ccc(F)c(C#N)c1. The third-order valence-corrected chi connectivity index (χ3v) is 2.21. The summed E-state index contributed by atoms with van der Waals surface area (Å²) >= 11 is 0. The number of benzene rings is 1. The van der Waals surface area contributed by atoms with Gasteiger partial charge in [0.15, 0.2) is 0 Å². The predicted molar refractivity (Wildman–Crippen MR) is 63.6 cm³/mol. The molecule has 0 spiro atoms. The Morgan fingerprint density at radius 3 is 3.06 bits per heavy atom. The Labute approximate surface area is 101 Å². The number of rotatable bonds is 7. The molecule has 1 aromatic carbocycles. The van der Waals surface area contributed by atoms with Crippen LogP contribution in [0.3, 0.4) is 0 Å². The number of nitrogens with one attached hydrogen (secondary N) is 1. The van der Waals surface area contributed by atoms with Gasteiger partial charge in [-0.25, -0.2) is 4.39 Å². The molecule has 0 radical (unpaired) electrons. The zero-order valence-electron chi connectivity index (χ0n) is 9.58. The summed E-state index contributed by atoms with van der Waals surface area (Å²) in [6.07, 6.45) is 2.29. The quantitative estimate of drug-likeness (QED) is 0.581. The largest absolute Gasteiger partial charge is 0.502 e. The maximum atomic E-state index is 13.0. The lowest BCUT2D eigenvalue weighted by atomic mass is 10.1. The first-order chi connectivity index (χ1) is 8.27. The highest BCUT2D eigenvalue weighted by Crippen LogP contribution is 2.09. The molecule has 4 heteroatoms. The second-order valence-corrected chi connectivity index (χ2v) is 3.49. The highest BCUT2D eigenvalue weighted by atomic mass is 19.1. The molecule has 0 heterocycles. The summed E-state index contributed by atoms with van der Waals surface area (Å²) in [4.78, 5) is 0. The Balaban J connectivity index is 2.32. The van der Waals surface area contributed by atoms with Gasteiger partial charge in [-0.05, 0) is 30.7 Å². The zero-order valence-corrected chi connectivity index (χ0v) is 9.58. The Hall–Kier alpha value is -1.86. The molecule has 0 aliphatic carbocycles. The van der Waals surface area contributed by atoms with E-state index in [1.54, 1.807) is 12.1 Å². The highest BCUT2D eigenvalue weighted by molar-refractivity contribution is 5.34. The van der Waals surface area contributed by atoms with Crippen LogP contribution >= 0.6 is 0 Å². The first-order valence-corrected chi connectivity index (χ1v) is 5.39. The fourth-order valence-corrected chi connectivity index (χ4v) is 1.36. The van der Waals surface area contributed by atoms with E-state index >= 15 is 0 Å². The van der Waals surface area contributed by atoms with Crippen molar-refractivity contribution in [2.75, 3.05) is 13.2 Å². The van der Waals surface area contributed by atoms with E-state index in [1.165, 1.54) is 12.3 Å². The van der Waals surface area contributed by atoms with Gasteiger partial charge in [0.2, 0.25) is 0 Å². The van der Waals surface area contributed by atoms with E-state index in [0.717, 1.165) is 18.5 Å². The van der Waals surface area contributed by atoms with E-state index in [4.69, 9.17) is 10.00 Å². The molecule has 3 nitrogen and oxygen atoms in total. The number of nitrogens with zero attached hydrogens (tertiary/aromatic N) is 1. The minimum atomic E-state index is -0.476. The zero-order chi connectivity index (χ0) is 12.5. The molecule has 0 saturated carbocycles. The van der Waals surface area contributed by atoms with Gasteiger partial charge in [0.1, 0.15) is 11.9 Å². The lowest BCUT2D eigenvalue weighted by molar-refractivity contribution is 0.244. The second-order valence-electron chi connectivity index (χ2n) is 3.49. The second kappa shape index (κ2) is 7.42. The molecule has 0 aliphatic rings. The van der Waals surface area contributed by atoms with Crippen molar-refractivity contribution < 1.29 is 9.13 Å². The van der Waals surface area contributed by atoms with Gasteiger partial charge in [-0.15, -0.1) is 0 Å². The summed E-state index contributed by atoms with van der Waals surface area (Å²) in [5, 5.41) is 11.9. The molecule has 0 bridgehead atoms. The van der Waals surface area contributed by atoms with E-state index in [2.05, 4.69) is 11.9 Å². The van der Waals surface area contributed by atoms with Gasteiger partial charge in [0.05, 0.1) is 18.4 Å². The normalized spacial score (nSPS) is 9.65. The van der Waals surface area contributed by atoms with Crippen LogP contribution < -0.4 is 5.32 Å². The topological polar surface area (TPSA) is 45.0 Å². The van der Waals surface area contributed by atoms with Crippen LogP contribution in [0, 0.1) is 17.1 Å². The van der Waals surface area contributed by atoms with Crippen molar-refractivity contribution in [1.29, 1.82) is 5.26 Å². The fraction of sp³-hybridized carbons (Fsp3) is 0.308. The molecule has 0 fully saturated rings. The molecule has 17 heavy (non-hydrogen) atoms. The van der Waals surface area contributed by atoms with Crippen molar-refractivity contribution in [3.63, 3.8) is 0 Å². The van der Waals surface area contributed by atoms with Gasteiger partial charge in [-0.3, -0.25) is 0 Å². The van der Waals surface area contributed by atoms with Crippen LogP contribution in [-0.4, -0.2) is 13.2 Å². The molecule has 1 N–H and O–H groups in total. The fourth-order valence-electron chi connectivity index (χ4n) is 1.36. The van der Waals surface area contributed by atoms with Gasteiger partial charge in [-0.2, -0.15) is 5.26 Å². The third kappa shape index (κ3) is 4.66. The minimum absolute atomic E-state index is 0.0827. The Kier molecular flexibility index (Phi) is 5.76.